The maximum absolute atomic E-state index is 12.2. The highest BCUT2D eigenvalue weighted by Crippen LogP contribution is 2.16. The van der Waals surface area contributed by atoms with Gasteiger partial charge in [0.05, 0.1) is 16.8 Å². The van der Waals surface area contributed by atoms with Gasteiger partial charge in [-0.05, 0) is 35.9 Å². The first kappa shape index (κ1) is 16.0. The van der Waals surface area contributed by atoms with E-state index < -0.39 is 9.84 Å². The van der Waals surface area contributed by atoms with Crippen molar-refractivity contribution in [3.8, 4) is 0 Å². The number of rotatable bonds is 4. The average Bonchev–Trinajstić information content (AvgIpc) is 2.85. The molecule has 0 aliphatic carbocycles. The van der Waals surface area contributed by atoms with Crippen molar-refractivity contribution in [2.24, 2.45) is 0 Å². The molecule has 8 heteroatoms. The Morgan fingerprint density at radius 3 is 2.38 bits per heavy atom. The van der Waals surface area contributed by atoms with Crippen LogP contribution < -0.4 is 11.0 Å². The summed E-state index contributed by atoms with van der Waals surface area (Å²) >= 11 is 0. The fourth-order valence-corrected chi connectivity index (χ4v) is 3.17. The molecular formula is C16H15N3O4S. The third-order valence-corrected chi connectivity index (χ3v) is 4.28. The molecule has 124 valence electrons. The van der Waals surface area contributed by atoms with Gasteiger partial charge in [-0.2, -0.15) is 0 Å². The number of aromatic amines is 2. The molecule has 24 heavy (non-hydrogen) atoms. The number of H-pyrrole nitrogens is 2. The SMILES string of the molecule is CS(=O)(=O)Cc1ccc(C(=O)Nc2ccc3[nH]c(=O)[nH]c3c2)cc1. The number of carbonyl (C=O) groups is 1. The zero-order chi connectivity index (χ0) is 17.3. The number of aromatic nitrogens is 2. The average molecular weight is 345 g/mol. The Labute approximate surface area is 137 Å². The summed E-state index contributed by atoms with van der Waals surface area (Å²) in [7, 11) is -3.11. The van der Waals surface area contributed by atoms with Gasteiger partial charge in [0.1, 0.15) is 0 Å². The molecule has 1 amide bonds. The summed E-state index contributed by atoms with van der Waals surface area (Å²) in [6, 6.07) is 11.4. The second-order valence-corrected chi connectivity index (χ2v) is 7.70. The Morgan fingerprint density at radius 2 is 1.71 bits per heavy atom. The second-order valence-electron chi connectivity index (χ2n) is 5.56. The van der Waals surface area contributed by atoms with Gasteiger partial charge in [0.2, 0.25) is 0 Å². The number of fused-ring (bicyclic) bond motifs is 1. The lowest BCUT2D eigenvalue weighted by molar-refractivity contribution is 0.102. The van der Waals surface area contributed by atoms with E-state index in [0.29, 0.717) is 27.8 Å². The summed E-state index contributed by atoms with van der Waals surface area (Å²) in [5.41, 5.74) is 2.53. The van der Waals surface area contributed by atoms with Crippen molar-refractivity contribution in [1.82, 2.24) is 9.97 Å². The first-order chi connectivity index (χ1) is 11.3. The van der Waals surface area contributed by atoms with Crippen LogP contribution in [0.1, 0.15) is 15.9 Å². The number of carbonyl (C=O) groups excluding carboxylic acids is 1. The van der Waals surface area contributed by atoms with Crippen molar-refractivity contribution in [1.29, 1.82) is 0 Å². The van der Waals surface area contributed by atoms with E-state index in [2.05, 4.69) is 15.3 Å². The van der Waals surface area contributed by atoms with Gasteiger partial charge < -0.3 is 15.3 Å². The van der Waals surface area contributed by atoms with Crippen LogP contribution in [-0.4, -0.2) is 30.5 Å². The van der Waals surface area contributed by atoms with Gasteiger partial charge in [-0.15, -0.1) is 0 Å². The molecule has 0 atom stereocenters. The summed E-state index contributed by atoms with van der Waals surface area (Å²) in [4.78, 5) is 28.7. The lowest BCUT2D eigenvalue weighted by atomic mass is 10.1. The Balaban J connectivity index is 1.77. The minimum Gasteiger partial charge on any atom is -0.322 e. The highest BCUT2D eigenvalue weighted by molar-refractivity contribution is 7.89. The molecule has 0 radical (unpaired) electrons. The van der Waals surface area contributed by atoms with Gasteiger partial charge in [0.25, 0.3) is 5.91 Å². The van der Waals surface area contributed by atoms with Crippen molar-refractivity contribution in [2.45, 2.75) is 5.75 Å². The van der Waals surface area contributed by atoms with Crippen LogP contribution in [0.15, 0.2) is 47.3 Å². The van der Waals surface area contributed by atoms with Crippen LogP contribution in [-0.2, 0) is 15.6 Å². The predicted molar refractivity (Wildman–Crippen MR) is 91.9 cm³/mol. The van der Waals surface area contributed by atoms with Crippen molar-refractivity contribution in [2.75, 3.05) is 11.6 Å². The third-order valence-electron chi connectivity index (χ3n) is 3.42. The first-order valence-corrected chi connectivity index (χ1v) is 9.16. The second kappa shape index (κ2) is 5.97. The molecule has 0 unspecified atom stereocenters. The van der Waals surface area contributed by atoms with E-state index in [4.69, 9.17) is 0 Å². The normalized spacial score (nSPS) is 11.5. The lowest BCUT2D eigenvalue weighted by Crippen LogP contribution is -2.12. The van der Waals surface area contributed by atoms with Crippen molar-refractivity contribution in [3.05, 3.63) is 64.1 Å². The van der Waals surface area contributed by atoms with E-state index in [1.807, 2.05) is 0 Å². The maximum Gasteiger partial charge on any atom is 0.323 e. The number of hydrogen-bond acceptors (Lipinski definition) is 4. The Bertz CT molecular complexity index is 1060. The fraction of sp³-hybridized carbons (Fsp3) is 0.125. The number of anilines is 1. The molecule has 0 aliphatic rings. The van der Waals surface area contributed by atoms with E-state index in [-0.39, 0.29) is 17.3 Å². The molecule has 0 bridgehead atoms. The molecule has 0 spiro atoms. The summed E-state index contributed by atoms with van der Waals surface area (Å²) in [6.45, 7) is 0. The largest absolute Gasteiger partial charge is 0.323 e. The van der Waals surface area contributed by atoms with Crippen LogP contribution in [0.25, 0.3) is 11.0 Å². The Hall–Kier alpha value is -2.87. The van der Waals surface area contributed by atoms with E-state index in [9.17, 15) is 18.0 Å². The summed E-state index contributed by atoms with van der Waals surface area (Å²) in [6.07, 6.45) is 1.16. The molecule has 3 aromatic rings. The van der Waals surface area contributed by atoms with Crippen molar-refractivity contribution >= 4 is 32.5 Å². The van der Waals surface area contributed by atoms with Crippen LogP contribution in [0.2, 0.25) is 0 Å². The number of hydrogen-bond donors (Lipinski definition) is 3. The van der Waals surface area contributed by atoms with Gasteiger partial charge in [-0.1, -0.05) is 12.1 Å². The molecule has 0 aliphatic heterocycles. The molecule has 0 fully saturated rings. The topological polar surface area (TPSA) is 112 Å². The zero-order valence-corrected chi connectivity index (χ0v) is 13.6. The molecule has 0 saturated carbocycles. The van der Waals surface area contributed by atoms with Gasteiger partial charge in [-0.3, -0.25) is 4.79 Å². The summed E-state index contributed by atoms with van der Waals surface area (Å²) < 4.78 is 22.5. The molecule has 1 aromatic heterocycles. The summed E-state index contributed by atoms with van der Waals surface area (Å²) in [5, 5.41) is 2.73. The molecule has 3 N–H and O–H groups in total. The smallest absolute Gasteiger partial charge is 0.322 e. The highest BCUT2D eigenvalue weighted by Gasteiger charge is 2.09. The number of amides is 1. The van der Waals surface area contributed by atoms with E-state index in [1.165, 1.54) is 0 Å². The van der Waals surface area contributed by atoms with Crippen molar-refractivity contribution in [3.63, 3.8) is 0 Å². The molecule has 3 rings (SSSR count). The fourth-order valence-electron chi connectivity index (χ4n) is 2.37. The third kappa shape index (κ3) is 3.72. The molecule has 1 heterocycles. The van der Waals surface area contributed by atoms with Gasteiger partial charge in [-0.25, -0.2) is 13.2 Å². The number of benzene rings is 2. The van der Waals surface area contributed by atoms with Crippen LogP contribution >= 0.6 is 0 Å². The quantitative estimate of drug-likeness (QED) is 0.667. The van der Waals surface area contributed by atoms with Crippen LogP contribution in [0.3, 0.4) is 0 Å². The number of imidazole rings is 1. The zero-order valence-electron chi connectivity index (χ0n) is 12.8. The van der Waals surface area contributed by atoms with Crippen LogP contribution in [0, 0.1) is 0 Å². The van der Waals surface area contributed by atoms with E-state index >= 15 is 0 Å². The van der Waals surface area contributed by atoms with Gasteiger partial charge >= 0.3 is 5.69 Å². The van der Waals surface area contributed by atoms with E-state index in [1.54, 1.807) is 42.5 Å². The molecular weight excluding hydrogens is 330 g/mol. The Kier molecular flexibility index (Phi) is 3.98. The lowest BCUT2D eigenvalue weighted by Gasteiger charge is -2.06. The van der Waals surface area contributed by atoms with Gasteiger partial charge in [0.15, 0.2) is 9.84 Å². The van der Waals surface area contributed by atoms with E-state index in [0.717, 1.165) is 6.26 Å². The minimum absolute atomic E-state index is 0.0631. The standard InChI is InChI=1S/C16H15N3O4S/c1-24(22,23)9-10-2-4-11(5-3-10)15(20)17-12-6-7-13-14(8-12)19-16(21)18-13/h2-8H,9H2,1H3,(H,17,20)(H2,18,19,21). The minimum atomic E-state index is -3.11. The number of sulfone groups is 1. The monoisotopic (exact) mass is 345 g/mol. The maximum atomic E-state index is 12.2. The van der Waals surface area contributed by atoms with Gasteiger partial charge in [0, 0.05) is 17.5 Å². The van der Waals surface area contributed by atoms with Crippen LogP contribution in [0.4, 0.5) is 5.69 Å². The Morgan fingerprint density at radius 1 is 1.04 bits per heavy atom. The first-order valence-electron chi connectivity index (χ1n) is 7.10. The molecule has 2 aromatic carbocycles. The molecule has 0 saturated heterocycles. The van der Waals surface area contributed by atoms with Crippen LogP contribution in [0.5, 0.6) is 0 Å². The summed E-state index contributed by atoms with van der Waals surface area (Å²) in [5.74, 6) is -0.384. The van der Waals surface area contributed by atoms with Crippen molar-refractivity contribution < 1.29 is 13.2 Å². The highest BCUT2D eigenvalue weighted by atomic mass is 32.2. The number of nitrogens with one attached hydrogen (secondary N) is 3. The molecule has 7 nitrogen and oxygen atoms in total. The predicted octanol–water partition coefficient (Wildman–Crippen LogP) is 1.65.